The Hall–Kier alpha value is -2.56. The van der Waals surface area contributed by atoms with E-state index in [0.717, 1.165) is 43.1 Å². The second-order valence-corrected chi connectivity index (χ2v) is 5.84. The van der Waals surface area contributed by atoms with Gasteiger partial charge in [0.1, 0.15) is 11.4 Å². The summed E-state index contributed by atoms with van der Waals surface area (Å²) in [4.78, 5) is 18.7. The van der Waals surface area contributed by atoms with Crippen molar-refractivity contribution in [2.75, 3.05) is 25.0 Å². The minimum absolute atomic E-state index is 0.0240. The number of para-hydroxylation sites is 2. The summed E-state index contributed by atoms with van der Waals surface area (Å²) in [6, 6.07) is 11.4. The summed E-state index contributed by atoms with van der Waals surface area (Å²) in [5, 5.41) is 3.29. The van der Waals surface area contributed by atoms with Gasteiger partial charge in [-0.05, 0) is 50.5 Å². The molecule has 1 N–H and O–H groups in total. The van der Waals surface area contributed by atoms with Gasteiger partial charge in [-0.15, -0.1) is 0 Å². The van der Waals surface area contributed by atoms with Crippen LogP contribution in [0.25, 0.3) is 0 Å². The summed E-state index contributed by atoms with van der Waals surface area (Å²) in [5.41, 5.74) is 2.22. The highest BCUT2D eigenvalue weighted by Gasteiger charge is 2.19. The SMILES string of the molecule is CCOc1ccccc1Nc1ccc(C(=O)N2CCCCC2)nc1. The third-order valence-electron chi connectivity index (χ3n) is 4.09. The first-order chi connectivity index (χ1) is 11.8. The van der Waals surface area contributed by atoms with Gasteiger partial charge in [0, 0.05) is 13.1 Å². The average Bonchev–Trinajstić information content (AvgIpc) is 2.64. The van der Waals surface area contributed by atoms with Gasteiger partial charge in [-0.25, -0.2) is 4.98 Å². The molecule has 1 fully saturated rings. The number of nitrogens with zero attached hydrogens (tertiary/aromatic N) is 2. The third kappa shape index (κ3) is 3.85. The molecule has 24 heavy (non-hydrogen) atoms. The fourth-order valence-electron chi connectivity index (χ4n) is 2.86. The number of piperidine rings is 1. The van der Waals surface area contributed by atoms with Gasteiger partial charge in [-0.3, -0.25) is 4.79 Å². The number of amides is 1. The Morgan fingerprint density at radius 2 is 1.96 bits per heavy atom. The molecular weight excluding hydrogens is 302 g/mol. The normalized spacial score (nSPS) is 14.3. The minimum Gasteiger partial charge on any atom is -0.492 e. The molecule has 1 aliphatic heterocycles. The lowest BCUT2D eigenvalue weighted by molar-refractivity contribution is 0.0718. The van der Waals surface area contributed by atoms with E-state index in [-0.39, 0.29) is 5.91 Å². The predicted molar refractivity (Wildman–Crippen MR) is 94.9 cm³/mol. The van der Waals surface area contributed by atoms with Crippen LogP contribution in [0.5, 0.6) is 5.75 Å². The molecule has 1 saturated heterocycles. The summed E-state index contributed by atoms with van der Waals surface area (Å²) in [5.74, 6) is 0.824. The van der Waals surface area contributed by atoms with Gasteiger partial charge in [0.05, 0.1) is 24.2 Å². The molecule has 1 aromatic heterocycles. The Morgan fingerprint density at radius 1 is 1.17 bits per heavy atom. The largest absolute Gasteiger partial charge is 0.492 e. The van der Waals surface area contributed by atoms with Gasteiger partial charge in [0.25, 0.3) is 5.91 Å². The zero-order valence-corrected chi connectivity index (χ0v) is 14.0. The van der Waals surface area contributed by atoms with Crippen LogP contribution in [0.3, 0.4) is 0 Å². The van der Waals surface area contributed by atoms with Crippen LogP contribution in [0.1, 0.15) is 36.7 Å². The first-order valence-corrected chi connectivity index (χ1v) is 8.52. The number of pyridine rings is 1. The molecule has 5 heteroatoms. The van der Waals surface area contributed by atoms with Crippen LogP contribution < -0.4 is 10.1 Å². The Labute approximate surface area is 142 Å². The summed E-state index contributed by atoms with van der Waals surface area (Å²) in [7, 11) is 0. The molecule has 0 radical (unpaired) electrons. The van der Waals surface area contributed by atoms with Crippen molar-refractivity contribution in [2.45, 2.75) is 26.2 Å². The Morgan fingerprint density at radius 3 is 2.67 bits per heavy atom. The van der Waals surface area contributed by atoms with E-state index in [9.17, 15) is 4.79 Å². The molecule has 0 spiro atoms. The maximum Gasteiger partial charge on any atom is 0.272 e. The molecule has 1 amide bonds. The summed E-state index contributed by atoms with van der Waals surface area (Å²) < 4.78 is 5.61. The van der Waals surface area contributed by atoms with E-state index in [1.807, 2.05) is 42.2 Å². The summed E-state index contributed by atoms with van der Waals surface area (Å²) in [6.45, 7) is 4.24. The van der Waals surface area contributed by atoms with Crippen LogP contribution in [0.2, 0.25) is 0 Å². The number of hydrogen-bond acceptors (Lipinski definition) is 4. The molecule has 2 heterocycles. The lowest BCUT2D eigenvalue weighted by Crippen LogP contribution is -2.36. The highest BCUT2D eigenvalue weighted by Crippen LogP contribution is 2.27. The molecule has 0 aliphatic carbocycles. The molecule has 0 atom stereocenters. The monoisotopic (exact) mass is 325 g/mol. The van der Waals surface area contributed by atoms with Gasteiger partial charge in [-0.1, -0.05) is 12.1 Å². The highest BCUT2D eigenvalue weighted by molar-refractivity contribution is 5.92. The molecule has 0 bridgehead atoms. The van der Waals surface area contributed by atoms with E-state index in [0.29, 0.717) is 12.3 Å². The number of carbonyl (C=O) groups excluding carboxylic acids is 1. The lowest BCUT2D eigenvalue weighted by Gasteiger charge is -2.26. The van der Waals surface area contributed by atoms with Gasteiger partial charge in [0.15, 0.2) is 0 Å². The third-order valence-corrected chi connectivity index (χ3v) is 4.09. The predicted octanol–water partition coefficient (Wildman–Crippen LogP) is 3.85. The molecule has 1 aliphatic rings. The lowest BCUT2D eigenvalue weighted by atomic mass is 10.1. The zero-order chi connectivity index (χ0) is 16.8. The summed E-state index contributed by atoms with van der Waals surface area (Å²) in [6.07, 6.45) is 5.07. The van der Waals surface area contributed by atoms with Crippen LogP contribution in [0, 0.1) is 0 Å². The fraction of sp³-hybridized carbons (Fsp3) is 0.368. The van der Waals surface area contributed by atoms with Gasteiger partial charge in [0.2, 0.25) is 0 Å². The van der Waals surface area contributed by atoms with E-state index in [1.54, 1.807) is 12.3 Å². The van der Waals surface area contributed by atoms with Crippen LogP contribution in [-0.4, -0.2) is 35.5 Å². The van der Waals surface area contributed by atoms with Crippen molar-refractivity contribution in [3.63, 3.8) is 0 Å². The number of ether oxygens (including phenoxy) is 1. The topological polar surface area (TPSA) is 54.5 Å². The number of benzene rings is 1. The molecule has 0 unspecified atom stereocenters. The standard InChI is InChI=1S/C19H23N3O2/c1-2-24-18-9-5-4-8-16(18)21-15-10-11-17(20-14-15)19(23)22-12-6-3-7-13-22/h4-5,8-11,14,21H,2-3,6-7,12-13H2,1H3. The number of hydrogen-bond donors (Lipinski definition) is 1. The number of rotatable bonds is 5. The smallest absolute Gasteiger partial charge is 0.272 e. The van der Waals surface area contributed by atoms with Crippen molar-refractivity contribution in [1.82, 2.24) is 9.88 Å². The Bertz CT molecular complexity index is 679. The highest BCUT2D eigenvalue weighted by atomic mass is 16.5. The van der Waals surface area contributed by atoms with Crippen molar-refractivity contribution in [2.24, 2.45) is 0 Å². The first kappa shape index (κ1) is 16.3. The average molecular weight is 325 g/mol. The quantitative estimate of drug-likeness (QED) is 0.907. The fourth-order valence-corrected chi connectivity index (χ4v) is 2.86. The van der Waals surface area contributed by atoms with E-state index in [1.165, 1.54) is 6.42 Å². The number of nitrogens with one attached hydrogen (secondary N) is 1. The first-order valence-electron chi connectivity index (χ1n) is 8.52. The number of anilines is 2. The van der Waals surface area contributed by atoms with Gasteiger partial charge in [-0.2, -0.15) is 0 Å². The number of likely N-dealkylation sites (tertiary alicyclic amines) is 1. The minimum atomic E-state index is 0.0240. The Kier molecular flexibility index (Phi) is 5.31. The molecule has 0 saturated carbocycles. The molecule has 2 aromatic rings. The van der Waals surface area contributed by atoms with Crippen molar-refractivity contribution >= 4 is 17.3 Å². The number of aromatic nitrogens is 1. The van der Waals surface area contributed by atoms with E-state index in [4.69, 9.17) is 4.74 Å². The number of carbonyl (C=O) groups is 1. The molecule has 126 valence electrons. The van der Waals surface area contributed by atoms with Crippen molar-refractivity contribution in [3.05, 3.63) is 48.3 Å². The second kappa shape index (κ2) is 7.81. The van der Waals surface area contributed by atoms with Crippen molar-refractivity contribution in [1.29, 1.82) is 0 Å². The maximum absolute atomic E-state index is 12.4. The molecule has 3 rings (SSSR count). The van der Waals surface area contributed by atoms with Gasteiger partial charge >= 0.3 is 0 Å². The van der Waals surface area contributed by atoms with E-state index in [2.05, 4.69) is 10.3 Å². The van der Waals surface area contributed by atoms with Crippen LogP contribution in [-0.2, 0) is 0 Å². The van der Waals surface area contributed by atoms with Crippen molar-refractivity contribution < 1.29 is 9.53 Å². The summed E-state index contributed by atoms with van der Waals surface area (Å²) >= 11 is 0. The van der Waals surface area contributed by atoms with Crippen LogP contribution in [0.4, 0.5) is 11.4 Å². The Balaban J connectivity index is 1.69. The zero-order valence-electron chi connectivity index (χ0n) is 14.0. The second-order valence-electron chi connectivity index (χ2n) is 5.84. The molecule has 1 aromatic carbocycles. The maximum atomic E-state index is 12.4. The molecule has 5 nitrogen and oxygen atoms in total. The van der Waals surface area contributed by atoms with Crippen LogP contribution in [0.15, 0.2) is 42.6 Å². The molecular formula is C19H23N3O2. The van der Waals surface area contributed by atoms with E-state index >= 15 is 0 Å². The van der Waals surface area contributed by atoms with Gasteiger partial charge < -0.3 is 15.0 Å². The van der Waals surface area contributed by atoms with Crippen molar-refractivity contribution in [3.8, 4) is 5.75 Å². The van der Waals surface area contributed by atoms with E-state index < -0.39 is 0 Å². The van der Waals surface area contributed by atoms with Crippen LogP contribution >= 0.6 is 0 Å².